The van der Waals surface area contributed by atoms with Crippen LogP contribution in [0.2, 0.25) is 10.0 Å². The summed E-state index contributed by atoms with van der Waals surface area (Å²) in [6.45, 7) is 3.57. The molecular formula is C33H33Cl2N3O4S. The van der Waals surface area contributed by atoms with Crippen molar-refractivity contribution in [2.45, 2.75) is 37.8 Å². The lowest BCUT2D eigenvalue weighted by Crippen LogP contribution is -2.53. The molecule has 1 atom stereocenters. The molecule has 0 saturated carbocycles. The fourth-order valence-electron chi connectivity index (χ4n) is 4.76. The molecule has 0 heterocycles. The quantitative estimate of drug-likeness (QED) is 0.198. The average Bonchev–Trinajstić information content (AvgIpc) is 3.00. The van der Waals surface area contributed by atoms with Gasteiger partial charge >= 0.3 is 0 Å². The minimum Gasteiger partial charge on any atom is -0.355 e. The number of nitrogens with zero attached hydrogens (tertiary/aromatic N) is 2. The summed E-state index contributed by atoms with van der Waals surface area (Å²) in [6, 6.07) is 28.3. The zero-order valence-corrected chi connectivity index (χ0v) is 26.2. The van der Waals surface area contributed by atoms with Gasteiger partial charge in [-0.25, -0.2) is 8.42 Å². The topological polar surface area (TPSA) is 86.8 Å². The van der Waals surface area contributed by atoms with Crippen molar-refractivity contribution in [3.05, 3.63) is 130 Å². The second-order valence-corrected chi connectivity index (χ2v) is 12.7. The summed E-state index contributed by atoms with van der Waals surface area (Å²) in [5, 5.41) is 3.21. The highest BCUT2D eigenvalue weighted by Gasteiger charge is 2.35. The van der Waals surface area contributed by atoms with Gasteiger partial charge in [-0.2, -0.15) is 0 Å². The number of anilines is 1. The standard InChI is InChI=1S/C33H33Cl2N3O4S/c1-3-36-33(40)31(20-25-12-6-4-7-13-25)37(22-26-14-10-11-24(2)19-26)32(39)23-38(30-21-27(34)17-18-29(30)35)43(41,42)28-15-8-5-9-16-28/h4-19,21,31H,3,20,22-23H2,1-2H3,(H,36,40)/t31-/m1/s1. The Balaban J connectivity index is 1.82. The van der Waals surface area contributed by atoms with E-state index >= 15 is 0 Å². The van der Waals surface area contributed by atoms with E-state index in [1.807, 2.05) is 61.5 Å². The molecule has 7 nitrogen and oxygen atoms in total. The third kappa shape index (κ3) is 8.16. The van der Waals surface area contributed by atoms with Crippen LogP contribution in [0.5, 0.6) is 0 Å². The van der Waals surface area contributed by atoms with Gasteiger partial charge in [-0.3, -0.25) is 13.9 Å². The van der Waals surface area contributed by atoms with Gasteiger partial charge in [0.05, 0.1) is 15.6 Å². The number of benzene rings is 4. The van der Waals surface area contributed by atoms with Crippen molar-refractivity contribution in [3.63, 3.8) is 0 Å². The molecule has 0 bridgehead atoms. The van der Waals surface area contributed by atoms with Crippen molar-refractivity contribution in [1.82, 2.24) is 10.2 Å². The fourth-order valence-corrected chi connectivity index (χ4v) is 6.65. The Morgan fingerprint density at radius 1 is 0.837 bits per heavy atom. The lowest BCUT2D eigenvalue weighted by molar-refractivity contribution is -0.140. The molecule has 43 heavy (non-hydrogen) atoms. The van der Waals surface area contributed by atoms with E-state index in [0.717, 1.165) is 21.0 Å². The molecule has 1 N–H and O–H groups in total. The van der Waals surface area contributed by atoms with Gasteiger partial charge in [0.1, 0.15) is 12.6 Å². The molecule has 10 heteroatoms. The van der Waals surface area contributed by atoms with Crippen molar-refractivity contribution >= 4 is 50.7 Å². The lowest BCUT2D eigenvalue weighted by atomic mass is 10.0. The maximum Gasteiger partial charge on any atom is 0.264 e. The number of sulfonamides is 1. The smallest absolute Gasteiger partial charge is 0.264 e. The molecule has 0 unspecified atom stereocenters. The van der Waals surface area contributed by atoms with Crippen LogP contribution < -0.4 is 9.62 Å². The SMILES string of the molecule is CCNC(=O)[C@@H](Cc1ccccc1)N(Cc1cccc(C)c1)C(=O)CN(c1cc(Cl)ccc1Cl)S(=O)(=O)c1ccccc1. The summed E-state index contributed by atoms with van der Waals surface area (Å²) >= 11 is 12.8. The molecule has 224 valence electrons. The Morgan fingerprint density at radius 3 is 2.14 bits per heavy atom. The molecule has 0 spiro atoms. The number of hydrogen-bond donors (Lipinski definition) is 1. The number of halogens is 2. The van der Waals surface area contributed by atoms with E-state index in [1.165, 1.54) is 35.2 Å². The van der Waals surface area contributed by atoms with Crippen molar-refractivity contribution in [1.29, 1.82) is 0 Å². The Labute approximate surface area is 263 Å². The number of carbonyl (C=O) groups is 2. The van der Waals surface area contributed by atoms with Gasteiger partial charge in [-0.1, -0.05) is 102 Å². The van der Waals surface area contributed by atoms with Crippen LogP contribution in [0.1, 0.15) is 23.6 Å². The molecule has 0 aliphatic carbocycles. The zero-order valence-electron chi connectivity index (χ0n) is 23.9. The number of amides is 2. The Morgan fingerprint density at radius 2 is 1.49 bits per heavy atom. The number of carbonyl (C=O) groups excluding carboxylic acids is 2. The summed E-state index contributed by atoms with van der Waals surface area (Å²) in [5.41, 5.74) is 2.70. The second-order valence-electron chi connectivity index (χ2n) is 10.0. The minimum atomic E-state index is -4.27. The van der Waals surface area contributed by atoms with Crippen LogP contribution in [0.3, 0.4) is 0 Å². The van der Waals surface area contributed by atoms with E-state index in [9.17, 15) is 18.0 Å². The highest BCUT2D eigenvalue weighted by molar-refractivity contribution is 7.92. The number of likely N-dealkylation sites (N-methyl/N-ethyl adjacent to an activating group) is 1. The fraction of sp³-hybridized carbons (Fsp3) is 0.212. The maximum atomic E-state index is 14.4. The second kappa shape index (κ2) is 14.6. The van der Waals surface area contributed by atoms with Gasteiger partial charge < -0.3 is 10.2 Å². The highest BCUT2D eigenvalue weighted by atomic mass is 35.5. The predicted octanol–water partition coefficient (Wildman–Crippen LogP) is 6.27. The zero-order chi connectivity index (χ0) is 31.0. The number of hydrogen-bond acceptors (Lipinski definition) is 4. The van der Waals surface area contributed by atoms with Gasteiger partial charge in [0.2, 0.25) is 11.8 Å². The van der Waals surface area contributed by atoms with E-state index in [2.05, 4.69) is 5.32 Å². The molecule has 0 aliphatic rings. The summed E-state index contributed by atoms with van der Waals surface area (Å²) in [5.74, 6) is -0.921. The van der Waals surface area contributed by atoms with E-state index < -0.39 is 28.5 Å². The van der Waals surface area contributed by atoms with Crippen LogP contribution >= 0.6 is 23.2 Å². The van der Waals surface area contributed by atoms with Crippen LogP contribution in [0.25, 0.3) is 0 Å². The summed E-state index contributed by atoms with van der Waals surface area (Å²) < 4.78 is 29.0. The van der Waals surface area contributed by atoms with E-state index in [0.29, 0.717) is 6.54 Å². The first kappa shape index (κ1) is 32.1. The predicted molar refractivity (Wildman–Crippen MR) is 172 cm³/mol. The van der Waals surface area contributed by atoms with Gasteiger partial charge in [-0.05, 0) is 55.3 Å². The first-order chi connectivity index (χ1) is 20.6. The van der Waals surface area contributed by atoms with Crippen molar-refractivity contribution in [3.8, 4) is 0 Å². The maximum absolute atomic E-state index is 14.4. The molecular weight excluding hydrogens is 605 g/mol. The van der Waals surface area contributed by atoms with Crippen molar-refractivity contribution in [2.75, 3.05) is 17.4 Å². The molecule has 2 amide bonds. The number of nitrogens with one attached hydrogen (secondary N) is 1. The Hall–Kier alpha value is -3.85. The van der Waals surface area contributed by atoms with Crippen LogP contribution in [-0.2, 0) is 32.6 Å². The van der Waals surface area contributed by atoms with Crippen LogP contribution in [-0.4, -0.2) is 44.3 Å². The normalized spacial score (nSPS) is 11.9. The Bertz CT molecular complexity index is 1670. The molecule has 0 fully saturated rings. The molecule has 4 rings (SSSR count). The van der Waals surface area contributed by atoms with Crippen LogP contribution in [0, 0.1) is 6.92 Å². The molecule has 0 aromatic heterocycles. The van der Waals surface area contributed by atoms with Crippen LogP contribution in [0.4, 0.5) is 5.69 Å². The highest BCUT2D eigenvalue weighted by Crippen LogP contribution is 2.33. The average molecular weight is 639 g/mol. The number of rotatable bonds is 12. The summed E-state index contributed by atoms with van der Waals surface area (Å²) in [4.78, 5) is 29.4. The monoisotopic (exact) mass is 637 g/mol. The van der Waals surface area contributed by atoms with Gasteiger partial charge in [-0.15, -0.1) is 0 Å². The van der Waals surface area contributed by atoms with Gasteiger partial charge in [0.25, 0.3) is 10.0 Å². The molecule has 4 aromatic carbocycles. The largest absolute Gasteiger partial charge is 0.355 e. The molecule has 0 saturated heterocycles. The van der Waals surface area contributed by atoms with E-state index in [-0.39, 0.29) is 39.5 Å². The lowest BCUT2D eigenvalue weighted by Gasteiger charge is -2.34. The first-order valence-electron chi connectivity index (χ1n) is 13.8. The summed E-state index contributed by atoms with van der Waals surface area (Å²) in [7, 11) is -4.27. The molecule has 0 radical (unpaired) electrons. The van der Waals surface area contributed by atoms with E-state index in [1.54, 1.807) is 25.1 Å². The summed E-state index contributed by atoms with van der Waals surface area (Å²) in [6.07, 6.45) is 0.230. The van der Waals surface area contributed by atoms with Gasteiger partial charge in [0, 0.05) is 24.5 Å². The van der Waals surface area contributed by atoms with E-state index in [4.69, 9.17) is 23.2 Å². The third-order valence-corrected chi connectivity index (χ3v) is 9.17. The minimum absolute atomic E-state index is 0.0198. The Kier molecular flexibility index (Phi) is 10.9. The van der Waals surface area contributed by atoms with Crippen LogP contribution in [0.15, 0.2) is 108 Å². The van der Waals surface area contributed by atoms with Crippen molar-refractivity contribution in [2.24, 2.45) is 0 Å². The van der Waals surface area contributed by atoms with Gasteiger partial charge in [0.15, 0.2) is 0 Å². The number of aryl methyl sites for hydroxylation is 1. The first-order valence-corrected chi connectivity index (χ1v) is 16.0. The molecule has 0 aliphatic heterocycles. The molecule has 4 aromatic rings. The third-order valence-electron chi connectivity index (χ3n) is 6.84. The van der Waals surface area contributed by atoms with Crippen molar-refractivity contribution < 1.29 is 18.0 Å².